The van der Waals surface area contributed by atoms with Crippen LogP contribution in [0.4, 0.5) is 5.95 Å². The minimum absolute atomic E-state index is 0.336. The minimum atomic E-state index is 0.336. The van der Waals surface area contributed by atoms with E-state index < -0.39 is 0 Å². The molecule has 0 radical (unpaired) electrons. The number of anilines is 1. The lowest BCUT2D eigenvalue weighted by Crippen LogP contribution is -1.85. The molecule has 0 fully saturated rings. The smallest absolute Gasteiger partial charge is 0.216 e. The van der Waals surface area contributed by atoms with Crippen LogP contribution in [0, 0.1) is 6.92 Å². The van der Waals surface area contributed by atoms with Crippen molar-refractivity contribution >= 4 is 17.7 Å². The Balaban J connectivity index is 1.94. The molecule has 2 aromatic rings. The molecular formula is C8H10N4OS. The molecule has 0 spiro atoms. The first-order valence-electron chi connectivity index (χ1n) is 4.10. The van der Waals surface area contributed by atoms with Gasteiger partial charge >= 0.3 is 0 Å². The normalized spacial score (nSPS) is 10.6. The van der Waals surface area contributed by atoms with Crippen molar-refractivity contribution in [3.8, 4) is 0 Å². The summed E-state index contributed by atoms with van der Waals surface area (Å²) in [5, 5.41) is 7.11. The summed E-state index contributed by atoms with van der Waals surface area (Å²) < 4.78 is 5.39. The summed E-state index contributed by atoms with van der Waals surface area (Å²) in [6, 6.07) is 3.88. The van der Waals surface area contributed by atoms with Gasteiger partial charge in [-0.2, -0.15) is 4.98 Å². The SMILES string of the molecule is Cc1ccc(CSc2n[nH]c(N)n2)o1. The molecule has 0 unspecified atom stereocenters. The van der Waals surface area contributed by atoms with E-state index in [0.29, 0.717) is 16.9 Å². The fraction of sp³-hybridized carbons (Fsp3) is 0.250. The number of aryl methyl sites for hydroxylation is 1. The number of hydrogen-bond donors (Lipinski definition) is 2. The van der Waals surface area contributed by atoms with Crippen LogP contribution in [0.2, 0.25) is 0 Å². The summed E-state index contributed by atoms with van der Waals surface area (Å²) in [6.45, 7) is 1.92. The molecule has 0 saturated heterocycles. The lowest BCUT2D eigenvalue weighted by atomic mass is 10.5. The van der Waals surface area contributed by atoms with Crippen LogP contribution in [0.3, 0.4) is 0 Å². The quantitative estimate of drug-likeness (QED) is 0.752. The molecule has 2 rings (SSSR count). The molecule has 74 valence electrons. The fourth-order valence-electron chi connectivity index (χ4n) is 1.02. The van der Waals surface area contributed by atoms with Gasteiger partial charge in [-0.3, -0.25) is 0 Å². The average molecular weight is 210 g/mol. The first-order valence-corrected chi connectivity index (χ1v) is 5.08. The maximum absolute atomic E-state index is 5.39. The van der Waals surface area contributed by atoms with Crippen molar-refractivity contribution in [1.82, 2.24) is 15.2 Å². The monoisotopic (exact) mass is 210 g/mol. The number of H-pyrrole nitrogens is 1. The maximum Gasteiger partial charge on any atom is 0.216 e. The van der Waals surface area contributed by atoms with Crippen LogP contribution >= 0.6 is 11.8 Å². The minimum Gasteiger partial charge on any atom is -0.465 e. The van der Waals surface area contributed by atoms with Crippen LogP contribution < -0.4 is 5.73 Å². The standard InChI is InChI=1S/C8H10N4OS/c1-5-2-3-6(13-5)4-14-8-10-7(9)11-12-8/h2-3H,4H2,1H3,(H3,9,10,11,12). The van der Waals surface area contributed by atoms with Gasteiger partial charge in [-0.1, -0.05) is 11.8 Å². The Labute approximate surface area is 85.1 Å². The van der Waals surface area contributed by atoms with Gasteiger partial charge in [0.2, 0.25) is 11.1 Å². The third-order valence-corrected chi connectivity index (χ3v) is 2.49. The first kappa shape index (κ1) is 9.14. The Morgan fingerprint density at radius 3 is 3.00 bits per heavy atom. The predicted molar refractivity (Wildman–Crippen MR) is 53.8 cm³/mol. The summed E-state index contributed by atoms with van der Waals surface area (Å²) in [5.41, 5.74) is 5.39. The van der Waals surface area contributed by atoms with Gasteiger partial charge in [0.1, 0.15) is 11.5 Å². The topological polar surface area (TPSA) is 80.7 Å². The third kappa shape index (κ3) is 2.08. The number of nitrogen functional groups attached to an aromatic ring is 1. The molecule has 0 bridgehead atoms. The van der Waals surface area contributed by atoms with Gasteiger partial charge in [0.25, 0.3) is 0 Å². The number of nitrogens with two attached hydrogens (primary N) is 1. The van der Waals surface area contributed by atoms with Crippen molar-refractivity contribution in [2.75, 3.05) is 5.73 Å². The Morgan fingerprint density at radius 2 is 2.43 bits per heavy atom. The summed E-state index contributed by atoms with van der Waals surface area (Å²) in [6.07, 6.45) is 0. The molecule has 0 aliphatic carbocycles. The molecule has 6 heteroatoms. The molecule has 2 heterocycles. The summed E-state index contributed by atoms with van der Waals surface area (Å²) >= 11 is 1.48. The van der Waals surface area contributed by atoms with Crippen LogP contribution in [-0.2, 0) is 5.75 Å². The number of aromatic amines is 1. The van der Waals surface area contributed by atoms with Crippen molar-refractivity contribution in [3.63, 3.8) is 0 Å². The molecule has 14 heavy (non-hydrogen) atoms. The van der Waals surface area contributed by atoms with Gasteiger partial charge < -0.3 is 10.2 Å². The van der Waals surface area contributed by atoms with E-state index in [-0.39, 0.29) is 0 Å². The van der Waals surface area contributed by atoms with Crippen LogP contribution in [-0.4, -0.2) is 15.2 Å². The van der Waals surface area contributed by atoms with Crippen molar-refractivity contribution in [2.24, 2.45) is 0 Å². The second kappa shape index (κ2) is 3.75. The van der Waals surface area contributed by atoms with E-state index in [2.05, 4.69) is 15.2 Å². The Bertz CT molecular complexity index is 382. The summed E-state index contributed by atoms with van der Waals surface area (Å²) in [7, 11) is 0. The van der Waals surface area contributed by atoms with Gasteiger partial charge in [0.05, 0.1) is 5.75 Å². The van der Waals surface area contributed by atoms with Crippen molar-refractivity contribution < 1.29 is 4.42 Å². The molecule has 0 aromatic carbocycles. The molecule has 0 amide bonds. The Morgan fingerprint density at radius 1 is 1.57 bits per heavy atom. The van der Waals surface area contributed by atoms with Crippen LogP contribution in [0.5, 0.6) is 0 Å². The highest BCUT2D eigenvalue weighted by atomic mass is 32.2. The van der Waals surface area contributed by atoms with E-state index in [0.717, 1.165) is 11.5 Å². The molecule has 0 atom stereocenters. The zero-order valence-electron chi connectivity index (χ0n) is 7.65. The van der Waals surface area contributed by atoms with Crippen LogP contribution in [0.25, 0.3) is 0 Å². The molecule has 0 aliphatic heterocycles. The summed E-state index contributed by atoms with van der Waals surface area (Å²) in [5.74, 6) is 2.87. The molecule has 0 saturated carbocycles. The zero-order valence-corrected chi connectivity index (χ0v) is 8.47. The van der Waals surface area contributed by atoms with E-state index in [1.807, 2.05) is 19.1 Å². The fourth-order valence-corrected chi connectivity index (χ4v) is 1.72. The highest BCUT2D eigenvalue weighted by Crippen LogP contribution is 2.20. The molecule has 3 N–H and O–H groups in total. The maximum atomic E-state index is 5.39. The van der Waals surface area contributed by atoms with Gasteiger partial charge in [-0.25, -0.2) is 5.10 Å². The van der Waals surface area contributed by atoms with Gasteiger partial charge in [-0.05, 0) is 19.1 Å². The molecule has 5 nitrogen and oxygen atoms in total. The zero-order chi connectivity index (χ0) is 9.97. The number of hydrogen-bond acceptors (Lipinski definition) is 5. The Kier molecular flexibility index (Phi) is 2.45. The van der Waals surface area contributed by atoms with Crippen LogP contribution in [0.15, 0.2) is 21.7 Å². The largest absolute Gasteiger partial charge is 0.465 e. The number of nitrogens with one attached hydrogen (secondary N) is 1. The second-order valence-corrected chi connectivity index (χ2v) is 3.75. The van der Waals surface area contributed by atoms with Gasteiger partial charge in [0.15, 0.2) is 0 Å². The molecular weight excluding hydrogens is 200 g/mol. The number of nitrogens with zero attached hydrogens (tertiary/aromatic N) is 2. The van der Waals surface area contributed by atoms with Gasteiger partial charge in [-0.15, -0.1) is 5.10 Å². The lowest BCUT2D eigenvalue weighted by Gasteiger charge is -1.91. The highest BCUT2D eigenvalue weighted by Gasteiger charge is 2.03. The van der Waals surface area contributed by atoms with E-state index in [1.54, 1.807) is 0 Å². The first-order chi connectivity index (χ1) is 6.74. The van der Waals surface area contributed by atoms with Crippen molar-refractivity contribution in [3.05, 3.63) is 23.7 Å². The van der Waals surface area contributed by atoms with Crippen molar-refractivity contribution in [1.29, 1.82) is 0 Å². The van der Waals surface area contributed by atoms with Crippen LogP contribution in [0.1, 0.15) is 11.5 Å². The number of aromatic nitrogens is 3. The average Bonchev–Trinajstić information content (AvgIpc) is 2.72. The van der Waals surface area contributed by atoms with Gasteiger partial charge in [0, 0.05) is 0 Å². The Hall–Kier alpha value is -1.43. The van der Waals surface area contributed by atoms with E-state index in [1.165, 1.54) is 11.8 Å². The second-order valence-electron chi connectivity index (χ2n) is 2.80. The molecule has 2 aromatic heterocycles. The number of thioether (sulfide) groups is 1. The van der Waals surface area contributed by atoms with E-state index in [4.69, 9.17) is 10.2 Å². The third-order valence-electron chi connectivity index (χ3n) is 1.62. The predicted octanol–water partition coefficient (Wildman–Crippen LogP) is 1.58. The highest BCUT2D eigenvalue weighted by molar-refractivity contribution is 7.98. The lowest BCUT2D eigenvalue weighted by molar-refractivity contribution is 0.501. The number of rotatable bonds is 3. The number of furan rings is 1. The molecule has 0 aliphatic rings. The van der Waals surface area contributed by atoms with E-state index in [9.17, 15) is 0 Å². The van der Waals surface area contributed by atoms with Crippen molar-refractivity contribution in [2.45, 2.75) is 17.8 Å². The van der Waals surface area contributed by atoms with E-state index >= 15 is 0 Å². The summed E-state index contributed by atoms with van der Waals surface area (Å²) in [4.78, 5) is 3.96.